The quantitative estimate of drug-likeness (QED) is 0.782. The molecule has 17 heavy (non-hydrogen) atoms. The lowest BCUT2D eigenvalue weighted by atomic mass is 9.51. The van der Waals surface area contributed by atoms with E-state index in [0.717, 1.165) is 11.8 Å². The summed E-state index contributed by atoms with van der Waals surface area (Å²) < 4.78 is 0. The molecule has 96 valence electrons. The maximum Gasteiger partial charge on any atom is 0.223 e. The van der Waals surface area contributed by atoms with Crippen molar-refractivity contribution in [3.8, 4) is 0 Å². The zero-order valence-corrected chi connectivity index (χ0v) is 10.6. The molecule has 2 N–H and O–H groups in total. The lowest BCUT2D eigenvalue weighted by molar-refractivity contribution is -0.138. The van der Waals surface area contributed by atoms with Gasteiger partial charge in [0.15, 0.2) is 0 Å². The van der Waals surface area contributed by atoms with Crippen LogP contribution >= 0.6 is 0 Å². The lowest BCUT2D eigenvalue weighted by Crippen LogP contribution is -2.51. The van der Waals surface area contributed by atoms with Gasteiger partial charge in [0.25, 0.3) is 0 Å². The van der Waals surface area contributed by atoms with Crippen LogP contribution in [0.5, 0.6) is 0 Å². The van der Waals surface area contributed by atoms with Crippen LogP contribution in [0.25, 0.3) is 0 Å². The number of aliphatic hydroxyl groups is 1. The summed E-state index contributed by atoms with van der Waals surface area (Å²) >= 11 is 0. The third kappa shape index (κ3) is 2.10. The molecule has 4 saturated carbocycles. The van der Waals surface area contributed by atoms with Crippen LogP contribution in [0.15, 0.2) is 0 Å². The Bertz CT molecular complexity index is 285. The molecule has 0 aromatic carbocycles. The number of carbonyl (C=O) groups is 1. The molecule has 1 atom stereocenters. The molecule has 4 rings (SSSR count). The van der Waals surface area contributed by atoms with Gasteiger partial charge in [0.1, 0.15) is 0 Å². The van der Waals surface area contributed by atoms with Gasteiger partial charge in [0.2, 0.25) is 5.91 Å². The molecule has 3 heteroatoms. The Balaban J connectivity index is 1.65. The van der Waals surface area contributed by atoms with Crippen molar-refractivity contribution in [1.29, 1.82) is 0 Å². The van der Waals surface area contributed by atoms with Crippen molar-refractivity contribution >= 4 is 5.91 Å². The van der Waals surface area contributed by atoms with E-state index < -0.39 is 6.10 Å². The highest BCUT2D eigenvalue weighted by molar-refractivity contribution is 5.79. The van der Waals surface area contributed by atoms with Gasteiger partial charge in [-0.25, -0.2) is 0 Å². The molecule has 3 nitrogen and oxygen atoms in total. The Morgan fingerprint density at radius 2 is 1.71 bits per heavy atom. The molecule has 0 aromatic heterocycles. The Kier molecular flexibility index (Phi) is 2.89. The predicted molar refractivity (Wildman–Crippen MR) is 65.2 cm³/mol. The Morgan fingerprint density at radius 3 is 2.18 bits per heavy atom. The summed E-state index contributed by atoms with van der Waals surface area (Å²) in [5, 5.41) is 12.2. The zero-order valence-electron chi connectivity index (χ0n) is 10.6. The van der Waals surface area contributed by atoms with Gasteiger partial charge >= 0.3 is 0 Å². The molecule has 0 spiro atoms. The van der Waals surface area contributed by atoms with Gasteiger partial charge in [0, 0.05) is 12.5 Å². The fourth-order valence-corrected chi connectivity index (χ4v) is 4.72. The molecule has 4 aliphatic carbocycles. The molecule has 4 aliphatic rings. The first-order valence-corrected chi connectivity index (χ1v) is 7.09. The van der Waals surface area contributed by atoms with E-state index in [2.05, 4.69) is 5.32 Å². The highest BCUT2D eigenvalue weighted by Gasteiger charge is 2.50. The van der Waals surface area contributed by atoms with E-state index in [0.29, 0.717) is 18.4 Å². The van der Waals surface area contributed by atoms with Gasteiger partial charge in [0.05, 0.1) is 6.10 Å². The number of hydrogen-bond donors (Lipinski definition) is 2. The highest BCUT2D eigenvalue weighted by atomic mass is 16.3. The molecule has 0 aromatic rings. The second-order valence-electron chi connectivity index (χ2n) is 6.55. The van der Waals surface area contributed by atoms with Crippen LogP contribution in [0.3, 0.4) is 0 Å². The first kappa shape index (κ1) is 11.5. The summed E-state index contributed by atoms with van der Waals surface area (Å²) in [7, 11) is 0. The number of aliphatic hydroxyl groups excluding tert-OH is 1. The number of hydrogen-bond acceptors (Lipinski definition) is 2. The fraction of sp³-hybridized carbons (Fsp3) is 0.929. The second-order valence-corrected chi connectivity index (χ2v) is 6.55. The summed E-state index contributed by atoms with van der Waals surface area (Å²) in [4.78, 5) is 12.2. The van der Waals surface area contributed by atoms with Gasteiger partial charge < -0.3 is 10.4 Å². The standard InChI is InChI=1S/C14H23NO2/c1-8(16)7-15-14(17)13-11-3-9-2-10(5-11)6-12(13)4-9/h8-13,16H,2-7H2,1H3,(H,15,17)/t8-,9?,10?,11?,12?,13?/m1/s1. The molecule has 0 unspecified atom stereocenters. The zero-order chi connectivity index (χ0) is 12.0. The van der Waals surface area contributed by atoms with E-state index >= 15 is 0 Å². The van der Waals surface area contributed by atoms with Gasteiger partial charge in [-0.05, 0) is 62.7 Å². The summed E-state index contributed by atoms with van der Waals surface area (Å²) in [6.07, 6.45) is 6.10. The van der Waals surface area contributed by atoms with E-state index in [1.54, 1.807) is 6.92 Å². The van der Waals surface area contributed by atoms with Gasteiger partial charge in [-0.3, -0.25) is 4.79 Å². The van der Waals surface area contributed by atoms with Crippen LogP contribution in [-0.2, 0) is 4.79 Å². The van der Waals surface area contributed by atoms with Crippen molar-refractivity contribution in [2.24, 2.45) is 29.6 Å². The summed E-state index contributed by atoms with van der Waals surface area (Å²) in [5.74, 6) is 3.57. The van der Waals surface area contributed by atoms with Gasteiger partial charge in [-0.1, -0.05) is 0 Å². The SMILES string of the molecule is C[C@@H](O)CNC(=O)C1C2CC3CC(C2)CC1C3. The van der Waals surface area contributed by atoms with Gasteiger partial charge in [-0.15, -0.1) is 0 Å². The molecular formula is C14H23NO2. The number of rotatable bonds is 3. The van der Waals surface area contributed by atoms with E-state index in [4.69, 9.17) is 0 Å². The maximum atomic E-state index is 12.2. The average Bonchev–Trinajstić information content (AvgIpc) is 2.24. The van der Waals surface area contributed by atoms with Crippen LogP contribution in [0.4, 0.5) is 0 Å². The first-order valence-electron chi connectivity index (χ1n) is 7.09. The minimum Gasteiger partial charge on any atom is -0.392 e. The smallest absolute Gasteiger partial charge is 0.223 e. The van der Waals surface area contributed by atoms with E-state index in [-0.39, 0.29) is 11.8 Å². The third-order valence-corrected chi connectivity index (χ3v) is 5.10. The molecule has 4 bridgehead atoms. The number of carbonyl (C=O) groups excluding carboxylic acids is 1. The summed E-state index contributed by atoms with van der Waals surface area (Å²) in [6, 6.07) is 0. The van der Waals surface area contributed by atoms with Crippen molar-refractivity contribution < 1.29 is 9.90 Å². The van der Waals surface area contributed by atoms with Gasteiger partial charge in [-0.2, -0.15) is 0 Å². The minimum absolute atomic E-state index is 0.208. The minimum atomic E-state index is -0.434. The van der Waals surface area contributed by atoms with Crippen molar-refractivity contribution in [2.45, 2.75) is 45.1 Å². The maximum absolute atomic E-state index is 12.2. The second kappa shape index (κ2) is 4.27. The van der Waals surface area contributed by atoms with Crippen LogP contribution < -0.4 is 5.32 Å². The van der Waals surface area contributed by atoms with Crippen molar-refractivity contribution in [3.63, 3.8) is 0 Å². The third-order valence-electron chi connectivity index (χ3n) is 5.10. The average molecular weight is 237 g/mol. The lowest BCUT2D eigenvalue weighted by Gasteiger charge is -2.53. The van der Waals surface area contributed by atoms with Crippen molar-refractivity contribution in [1.82, 2.24) is 5.32 Å². The predicted octanol–water partition coefficient (Wildman–Crippen LogP) is 1.56. The first-order chi connectivity index (χ1) is 8.13. The van der Waals surface area contributed by atoms with Crippen molar-refractivity contribution in [2.75, 3.05) is 6.54 Å². The summed E-state index contributed by atoms with van der Waals surface area (Å²) in [5.41, 5.74) is 0. The number of nitrogens with one attached hydrogen (secondary N) is 1. The Labute approximate surface area is 103 Å². The Hall–Kier alpha value is -0.570. The van der Waals surface area contributed by atoms with Crippen LogP contribution in [0.1, 0.15) is 39.0 Å². The van der Waals surface area contributed by atoms with E-state index in [9.17, 15) is 9.90 Å². The summed E-state index contributed by atoms with van der Waals surface area (Å²) in [6.45, 7) is 2.12. The molecule has 0 heterocycles. The molecule has 0 aliphatic heterocycles. The number of amides is 1. The molecular weight excluding hydrogens is 214 g/mol. The van der Waals surface area contributed by atoms with E-state index in [1.807, 2.05) is 0 Å². The van der Waals surface area contributed by atoms with Crippen LogP contribution in [0.2, 0.25) is 0 Å². The normalized spacial score (nSPS) is 44.7. The molecule has 4 fully saturated rings. The molecule has 1 amide bonds. The van der Waals surface area contributed by atoms with E-state index in [1.165, 1.54) is 32.1 Å². The monoisotopic (exact) mass is 237 g/mol. The van der Waals surface area contributed by atoms with Crippen LogP contribution in [-0.4, -0.2) is 23.7 Å². The van der Waals surface area contributed by atoms with Crippen molar-refractivity contribution in [3.05, 3.63) is 0 Å². The Morgan fingerprint density at radius 1 is 1.18 bits per heavy atom. The fourth-order valence-electron chi connectivity index (χ4n) is 4.72. The highest BCUT2D eigenvalue weighted by Crippen LogP contribution is 2.56. The van der Waals surface area contributed by atoms with Crippen LogP contribution in [0, 0.1) is 29.6 Å². The topological polar surface area (TPSA) is 49.3 Å². The molecule has 0 saturated heterocycles. The molecule has 0 radical (unpaired) electrons. The largest absolute Gasteiger partial charge is 0.392 e.